The molecule has 5 rings (SSSR count). The number of rotatable bonds is 7. The van der Waals surface area contributed by atoms with Gasteiger partial charge in [0.2, 0.25) is 5.91 Å². The molecular formula is C30H37N3O3S. The van der Waals surface area contributed by atoms with Crippen molar-refractivity contribution in [1.82, 2.24) is 15.1 Å². The minimum atomic E-state index is -0.0565. The average molecular weight is 520 g/mol. The first kappa shape index (κ1) is 26.0. The number of aryl methyl sites for hydroxylation is 1. The van der Waals surface area contributed by atoms with Crippen LogP contribution in [0.25, 0.3) is 6.08 Å². The normalized spacial score (nSPS) is 25.6. The van der Waals surface area contributed by atoms with Crippen LogP contribution in [0.1, 0.15) is 36.0 Å². The summed E-state index contributed by atoms with van der Waals surface area (Å²) in [6.07, 6.45) is 4.54. The molecule has 3 aliphatic rings. The second-order valence-electron chi connectivity index (χ2n) is 10.3. The van der Waals surface area contributed by atoms with Crippen molar-refractivity contribution in [3.05, 3.63) is 76.2 Å². The Morgan fingerprint density at radius 2 is 1.92 bits per heavy atom. The van der Waals surface area contributed by atoms with E-state index in [1.54, 1.807) is 11.8 Å². The minimum Gasteiger partial charge on any atom is -0.379 e. The smallest absolute Gasteiger partial charge is 0.260 e. The predicted molar refractivity (Wildman–Crippen MR) is 149 cm³/mol. The van der Waals surface area contributed by atoms with Crippen molar-refractivity contribution < 1.29 is 14.3 Å². The number of nitrogens with zero attached hydrogens (tertiary/aromatic N) is 2. The van der Waals surface area contributed by atoms with Crippen LogP contribution in [0.4, 0.5) is 0 Å². The molecule has 1 saturated carbocycles. The van der Waals surface area contributed by atoms with E-state index >= 15 is 0 Å². The van der Waals surface area contributed by atoms with Crippen molar-refractivity contribution in [3.8, 4) is 0 Å². The number of nitrogens with one attached hydrogen (secondary N) is 1. The highest BCUT2D eigenvalue weighted by atomic mass is 32.2. The Kier molecular flexibility index (Phi) is 8.64. The summed E-state index contributed by atoms with van der Waals surface area (Å²) in [5.41, 5.74) is 3.37. The number of carbonyl (C=O) groups excluding carboxylic acids is 2. The number of fused-ring (bicyclic) bond motifs is 1. The van der Waals surface area contributed by atoms with Crippen LogP contribution in [0.3, 0.4) is 0 Å². The summed E-state index contributed by atoms with van der Waals surface area (Å²) in [5, 5.41) is 3.48. The van der Waals surface area contributed by atoms with E-state index in [1.807, 2.05) is 41.3 Å². The Morgan fingerprint density at radius 1 is 1.11 bits per heavy atom. The molecule has 2 heterocycles. The SMILES string of the molecule is Cc1cccc(CN2C(=O)/C(=C/c3ccccc3)SC3CCC(C(=O)NCCN4CCOCC4)CC32)c1. The van der Waals surface area contributed by atoms with Crippen LogP contribution in [-0.4, -0.2) is 72.3 Å². The van der Waals surface area contributed by atoms with Gasteiger partial charge in [-0.15, -0.1) is 11.8 Å². The minimum absolute atomic E-state index is 0.0506. The molecule has 3 fully saturated rings. The molecule has 7 heteroatoms. The molecule has 0 bridgehead atoms. The molecule has 6 nitrogen and oxygen atoms in total. The summed E-state index contributed by atoms with van der Waals surface area (Å²) in [6.45, 7) is 7.55. The topological polar surface area (TPSA) is 61.9 Å². The Labute approximate surface area is 224 Å². The number of hydrogen-bond acceptors (Lipinski definition) is 5. The number of hydrogen-bond donors (Lipinski definition) is 1. The summed E-state index contributed by atoms with van der Waals surface area (Å²) < 4.78 is 5.41. The number of ether oxygens (including phenoxy) is 1. The van der Waals surface area contributed by atoms with E-state index in [0.29, 0.717) is 18.3 Å². The van der Waals surface area contributed by atoms with Gasteiger partial charge in [-0.3, -0.25) is 14.5 Å². The first-order valence-electron chi connectivity index (χ1n) is 13.4. The van der Waals surface area contributed by atoms with Crippen molar-refractivity contribution in [3.63, 3.8) is 0 Å². The van der Waals surface area contributed by atoms with E-state index in [0.717, 1.165) is 68.1 Å². The van der Waals surface area contributed by atoms with E-state index in [9.17, 15) is 9.59 Å². The molecule has 2 amide bonds. The van der Waals surface area contributed by atoms with Crippen LogP contribution in [0.15, 0.2) is 59.5 Å². The highest BCUT2D eigenvalue weighted by Crippen LogP contribution is 2.44. The molecule has 3 atom stereocenters. The second kappa shape index (κ2) is 12.3. The summed E-state index contributed by atoms with van der Waals surface area (Å²) in [7, 11) is 0. The Morgan fingerprint density at radius 3 is 2.70 bits per heavy atom. The Hall–Kier alpha value is -2.61. The maximum absolute atomic E-state index is 13.8. The molecule has 0 spiro atoms. The lowest BCUT2D eigenvalue weighted by atomic mass is 9.83. The van der Waals surface area contributed by atoms with Crippen LogP contribution in [0.2, 0.25) is 0 Å². The number of amides is 2. The molecule has 196 valence electrons. The lowest BCUT2D eigenvalue weighted by Crippen LogP contribution is -2.54. The van der Waals surface area contributed by atoms with Gasteiger partial charge in [0.05, 0.1) is 18.1 Å². The zero-order chi connectivity index (χ0) is 25.6. The first-order chi connectivity index (χ1) is 18.1. The number of benzene rings is 2. The molecule has 0 radical (unpaired) electrons. The van der Waals surface area contributed by atoms with Crippen molar-refractivity contribution in [2.24, 2.45) is 5.92 Å². The van der Waals surface area contributed by atoms with Gasteiger partial charge in [0.15, 0.2) is 0 Å². The Bertz CT molecular complexity index is 1120. The maximum atomic E-state index is 13.8. The molecule has 2 saturated heterocycles. The van der Waals surface area contributed by atoms with E-state index in [-0.39, 0.29) is 23.8 Å². The molecule has 0 aromatic heterocycles. The largest absolute Gasteiger partial charge is 0.379 e. The van der Waals surface area contributed by atoms with E-state index in [2.05, 4.69) is 41.4 Å². The second-order valence-corrected chi connectivity index (χ2v) is 11.6. The standard InChI is InChI=1S/C30H37N3O3S/c1-22-6-5-9-24(18-22)21-33-26-20-25(29(34)31-12-13-32-14-16-36-17-15-32)10-11-27(26)37-28(30(33)35)19-23-7-3-2-4-8-23/h2-9,18-19,25-27H,10-17,20-21H2,1H3,(H,31,34)/b28-19-. The van der Waals surface area contributed by atoms with E-state index in [1.165, 1.54) is 5.56 Å². The first-order valence-corrected chi connectivity index (χ1v) is 14.3. The van der Waals surface area contributed by atoms with Gasteiger partial charge < -0.3 is 15.0 Å². The van der Waals surface area contributed by atoms with Crippen LogP contribution >= 0.6 is 11.8 Å². The summed E-state index contributed by atoms with van der Waals surface area (Å²) in [4.78, 5) is 32.1. The molecular weight excluding hydrogens is 482 g/mol. The van der Waals surface area contributed by atoms with Crippen LogP contribution in [0.5, 0.6) is 0 Å². The van der Waals surface area contributed by atoms with Crippen LogP contribution < -0.4 is 5.32 Å². The molecule has 2 aromatic carbocycles. The lowest BCUT2D eigenvalue weighted by Gasteiger charge is -2.46. The Balaban J connectivity index is 1.29. The average Bonchev–Trinajstić information content (AvgIpc) is 2.92. The van der Waals surface area contributed by atoms with E-state index < -0.39 is 0 Å². The summed E-state index contributed by atoms with van der Waals surface area (Å²) in [5.74, 6) is 0.147. The molecule has 2 aromatic rings. The fourth-order valence-corrected chi connectivity index (χ4v) is 7.04. The molecule has 1 N–H and O–H groups in total. The number of morpholine rings is 1. The third-order valence-corrected chi connectivity index (χ3v) is 9.04. The highest BCUT2D eigenvalue weighted by molar-refractivity contribution is 8.04. The van der Waals surface area contributed by atoms with Crippen LogP contribution in [0, 0.1) is 12.8 Å². The third-order valence-electron chi connectivity index (χ3n) is 7.64. The van der Waals surface area contributed by atoms with Gasteiger partial charge in [-0.2, -0.15) is 0 Å². The molecule has 1 aliphatic carbocycles. The van der Waals surface area contributed by atoms with Gasteiger partial charge >= 0.3 is 0 Å². The fourth-order valence-electron chi connectivity index (χ4n) is 5.63. The maximum Gasteiger partial charge on any atom is 0.260 e. The summed E-state index contributed by atoms with van der Waals surface area (Å²) >= 11 is 1.71. The molecule has 37 heavy (non-hydrogen) atoms. The van der Waals surface area contributed by atoms with Crippen LogP contribution in [-0.2, 0) is 20.9 Å². The van der Waals surface area contributed by atoms with E-state index in [4.69, 9.17) is 4.74 Å². The quantitative estimate of drug-likeness (QED) is 0.558. The predicted octanol–water partition coefficient (Wildman–Crippen LogP) is 4.10. The van der Waals surface area contributed by atoms with Gasteiger partial charge in [-0.05, 0) is 43.4 Å². The van der Waals surface area contributed by atoms with Gasteiger partial charge in [0.1, 0.15) is 0 Å². The van der Waals surface area contributed by atoms with Gasteiger partial charge in [0, 0.05) is 49.9 Å². The van der Waals surface area contributed by atoms with Crippen molar-refractivity contribution >= 4 is 29.7 Å². The van der Waals surface area contributed by atoms with Gasteiger partial charge in [-0.25, -0.2) is 0 Å². The zero-order valence-corrected chi connectivity index (χ0v) is 22.4. The lowest BCUT2D eigenvalue weighted by molar-refractivity contribution is -0.133. The van der Waals surface area contributed by atoms with Gasteiger partial charge in [-0.1, -0.05) is 60.2 Å². The molecule has 2 aliphatic heterocycles. The number of thioether (sulfide) groups is 1. The fraction of sp³-hybridized carbons (Fsp3) is 0.467. The monoisotopic (exact) mass is 519 g/mol. The summed E-state index contributed by atoms with van der Waals surface area (Å²) in [6, 6.07) is 18.5. The van der Waals surface area contributed by atoms with Crippen molar-refractivity contribution in [2.75, 3.05) is 39.4 Å². The van der Waals surface area contributed by atoms with Crippen molar-refractivity contribution in [1.29, 1.82) is 0 Å². The molecule has 3 unspecified atom stereocenters. The van der Waals surface area contributed by atoms with Gasteiger partial charge in [0.25, 0.3) is 5.91 Å². The number of carbonyl (C=O) groups is 2. The van der Waals surface area contributed by atoms with Crippen molar-refractivity contribution in [2.45, 2.75) is 44.0 Å². The third kappa shape index (κ3) is 6.64. The zero-order valence-electron chi connectivity index (χ0n) is 21.6. The highest BCUT2D eigenvalue weighted by Gasteiger charge is 2.44.